The molecule has 3 amide bonds. The van der Waals surface area contributed by atoms with E-state index in [-0.39, 0.29) is 12.3 Å². The van der Waals surface area contributed by atoms with Crippen molar-refractivity contribution in [2.45, 2.75) is 13.3 Å². The summed E-state index contributed by atoms with van der Waals surface area (Å²) in [7, 11) is 2.98. The summed E-state index contributed by atoms with van der Waals surface area (Å²) in [6.07, 6.45) is -0.0958. The van der Waals surface area contributed by atoms with Crippen LogP contribution in [-0.2, 0) is 14.4 Å². The minimum atomic E-state index is -0.973. The van der Waals surface area contributed by atoms with Gasteiger partial charge in [0, 0.05) is 23.2 Å². The predicted octanol–water partition coefficient (Wildman–Crippen LogP) is 2.82. The number of nitrogens with zero attached hydrogens (tertiary/aromatic N) is 1. The maximum Gasteiger partial charge on any atom is 0.329 e. The molecule has 0 radical (unpaired) electrons. The Labute approximate surface area is 178 Å². The smallest absolute Gasteiger partial charge is 0.329 e. The molecule has 0 saturated heterocycles. The first-order chi connectivity index (χ1) is 14.3. The zero-order chi connectivity index (χ0) is 22.1. The molecule has 2 aromatic carbocycles. The molecular weight excluding hydrogens is 412 g/mol. The van der Waals surface area contributed by atoms with Crippen LogP contribution < -0.4 is 25.5 Å². The lowest BCUT2D eigenvalue weighted by Crippen LogP contribution is -2.33. The Kier molecular flexibility index (Phi) is 8.18. The van der Waals surface area contributed by atoms with Gasteiger partial charge in [-0.3, -0.25) is 14.4 Å². The number of rotatable bonds is 7. The number of carbonyl (C=O) groups is 3. The lowest BCUT2D eigenvalue weighted by atomic mass is 10.2. The van der Waals surface area contributed by atoms with E-state index in [2.05, 4.69) is 21.2 Å². The molecule has 0 heterocycles. The SMILES string of the molecule is COc1cccc(NC(=O)C(=O)N/N=C(/C)CC(=O)Nc2ccc(OC)c(Cl)c2)c1. The second-order valence-electron chi connectivity index (χ2n) is 6.05. The number of methoxy groups -OCH3 is 2. The van der Waals surface area contributed by atoms with Crippen LogP contribution in [0.4, 0.5) is 11.4 Å². The highest BCUT2D eigenvalue weighted by Gasteiger charge is 2.14. The molecule has 0 bridgehead atoms. The number of hydrogen-bond donors (Lipinski definition) is 3. The van der Waals surface area contributed by atoms with E-state index in [4.69, 9.17) is 21.1 Å². The Morgan fingerprint density at radius 1 is 0.967 bits per heavy atom. The molecule has 0 aliphatic rings. The molecule has 9 nitrogen and oxygen atoms in total. The van der Waals surface area contributed by atoms with Gasteiger partial charge in [0.25, 0.3) is 0 Å². The Balaban J connectivity index is 1.85. The van der Waals surface area contributed by atoms with Gasteiger partial charge in [0.2, 0.25) is 5.91 Å². The van der Waals surface area contributed by atoms with Gasteiger partial charge in [0.1, 0.15) is 11.5 Å². The summed E-state index contributed by atoms with van der Waals surface area (Å²) in [6.45, 7) is 1.54. The molecule has 0 spiro atoms. The second-order valence-corrected chi connectivity index (χ2v) is 6.46. The van der Waals surface area contributed by atoms with E-state index < -0.39 is 11.8 Å². The van der Waals surface area contributed by atoms with Crippen molar-refractivity contribution in [3.8, 4) is 11.5 Å². The van der Waals surface area contributed by atoms with Gasteiger partial charge in [-0.2, -0.15) is 5.10 Å². The van der Waals surface area contributed by atoms with Crippen LogP contribution in [0.5, 0.6) is 11.5 Å². The number of hydrazone groups is 1. The van der Waals surface area contributed by atoms with Gasteiger partial charge in [0.05, 0.1) is 25.7 Å². The molecule has 30 heavy (non-hydrogen) atoms. The average Bonchev–Trinajstić information content (AvgIpc) is 2.72. The van der Waals surface area contributed by atoms with Crippen molar-refractivity contribution in [3.63, 3.8) is 0 Å². The average molecular weight is 433 g/mol. The van der Waals surface area contributed by atoms with Gasteiger partial charge >= 0.3 is 11.8 Å². The molecule has 3 N–H and O–H groups in total. The Hall–Kier alpha value is -3.59. The summed E-state index contributed by atoms with van der Waals surface area (Å²) in [4.78, 5) is 35.9. The van der Waals surface area contributed by atoms with Gasteiger partial charge in [-0.1, -0.05) is 17.7 Å². The van der Waals surface area contributed by atoms with Crippen LogP contribution in [0.15, 0.2) is 47.6 Å². The van der Waals surface area contributed by atoms with Crippen molar-refractivity contribution in [1.82, 2.24) is 5.43 Å². The van der Waals surface area contributed by atoms with E-state index >= 15 is 0 Å². The predicted molar refractivity (Wildman–Crippen MR) is 114 cm³/mol. The van der Waals surface area contributed by atoms with Crippen LogP contribution in [0.2, 0.25) is 5.02 Å². The third-order valence-corrected chi connectivity index (χ3v) is 4.03. The molecule has 158 valence electrons. The van der Waals surface area contributed by atoms with Gasteiger partial charge in [-0.25, -0.2) is 5.43 Å². The van der Waals surface area contributed by atoms with Crippen LogP contribution in [-0.4, -0.2) is 37.7 Å². The zero-order valence-corrected chi connectivity index (χ0v) is 17.4. The van der Waals surface area contributed by atoms with Crippen LogP contribution >= 0.6 is 11.6 Å². The van der Waals surface area contributed by atoms with E-state index in [9.17, 15) is 14.4 Å². The van der Waals surface area contributed by atoms with Gasteiger partial charge in [0.15, 0.2) is 0 Å². The monoisotopic (exact) mass is 432 g/mol. The normalized spacial score (nSPS) is 10.7. The summed E-state index contributed by atoms with van der Waals surface area (Å²) in [5.41, 5.74) is 3.30. The standard InChI is InChI=1S/C20H21ClN4O5/c1-12(9-18(26)22-14-7-8-17(30-3)16(21)11-14)24-25-20(28)19(27)23-13-5-4-6-15(10-13)29-2/h4-8,10-11H,9H2,1-3H3,(H,22,26)(H,23,27)(H,25,28)/b24-12-. The second kappa shape index (κ2) is 10.8. The molecule has 0 atom stereocenters. The number of halogens is 1. The topological polar surface area (TPSA) is 118 Å². The molecule has 0 aliphatic carbocycles. The summed E-state index contributed by atoms with van der Waals surface area (Å²) >= 11 is 6.02. The zero-order valence-electron chi connectivity index (χ0n) is 16.6. The number of anilines is 2. The van der Waals surface area contributed by atoms with Crippen molar-refractivity contribution >= 4 is 46.4 Å². The lowest BCUT2D eigenvalue weighted by Gasteiger charge is -2.08. The molecule has 0 saturated carbocycles. The molecule has 10 heteroatoms. The van der Waals surface area contributed by atoms with Crippen LogP contribution in [0.1, 0.15) is 13.3 Å². The number of hydrogen-bond acceptors (Lipinski definition) is 6. The third kappa shape index (κ3) is 6.78. The first kappa shape index (κ1) is 22.7. The highest BCUT2D eigenvalue weighted by atomic mass is 35.5. The van der Waals surface area contributed by atoms with Crippen LogP contribution in [0.25, 0.3) is 0 Å². The van der Waals surface area contributed by atoms with Crippen molar-refractivity contribution in [2.24, 2.45) is 5.10 Å². The molecule has 0 fully saturated rings. The van der Waals surface area contributed by atoms with Crippen molar-refractivity contribution in [2.75, 3.05) is 24.9 Å². The van der Waals surface area contributed by atoms with Gasteiger partial charge in [-0.15, -0.1) is 0 Å². The summed E-state index contributed by atoms with van der Waals surface area (Å²) in [5, 5.41) is 9.21. The maximum atomic E-state index is 12.1. The summed E-state index contributed by atoms with van der Waals surface area (Å²) in [5.74, 6) is -1.22. The summed E-state index contributed by atoms with van der Waals surface area (Å²) < 4.78 is 10.1. The third-order valence-electron chi connectivity index (χ3n) is 3.73. The van der Waals surface area contributed by atoms with E-state index in [1.54, 1.807) is 49.4 Å². The first-order valence-corrected chi connectivity index (χ1v) is 9.12. The molecule has 0 aliphatic heterocycles. The fourth-order valence-corrected chi connectivity index (χ4v) is 2.56. The molecule has 2 aromatic rings. The van der Waals surface area contributed by atoms with Gasteiger partial charge < -0.3 is 20.1 Å². The van der Waals surface area contributed by atoms with E-state index in [0.717, 1.165) is 0 Å². The number of amides is 3. The number of nitrogens with one attached hydrogen (secondary N) is 3. The summed E-state index contributed by atoms with van der Waals surface area (Å²) in [6, 6.07) is 11.4. The minimum absolute atomic E-state index is 0.0958. The largest absolute Gasteiger partial charge is 0.497 e. The molecule has 0 aromatic heterocycles. The Morgan fingerprint density at radius 2 is 1.70 bits per heavy atom. The molecule has 2 rings (SSSR count). The highest BCUT2D eigenvalue weighted by Crippen LogP contribution is 2.27. The minimum Gasteiger partial charge on any atom is -0.497 e. The Bertz CT molecular complexity index is 977. The van der Waals surface area contributed by atoms with Gasteiger partial charge in [-0.05, 0) is 37.3 Å². The quantitative estimate of drug-likeness (QED) is 0.353. The number of ether oxygens (including phenoxy) is 2. The fraction of sp³-hybridized carbons (Fsp3) is 0.200. The first-order valence-electron chi connectivity index (χ1n) is 8.74. The van der Waals surface area contributed by atoms with Crippen LogP contribution in [0, 0.1) is 0 Å². The highest BCUT2D eigenvalue weighted by molar-refractivity contribution is 6.39. The lowest BCUT2D eigenvalue weighted by molar-refractivity contribution is -0.136. The van der Waals surface area contributed by atoms with E-state index in [0.29, 0.717) is 33.6 Å². The molecular formula is C20H21ClN4O5. The maximum absolute atomic E-state index is 12.1. The fourth-order valence-electron chi connectivity index (χ4n) is 2.31. The molecule has 0 unspecified atom stereocenters. The van der Waals surface area contributed by atoms with Crippen molar-refractivity contribution < 1.29 is 23.9 Å². The van der Waals surface area contributed by atoms with E-state index in [1.165, 1.54) is 14.2 Å². The van der Waals surface area contributed by atoms with E-state index in [1.807, 2.05) is 0 Å². The van der Waals surface area contributed by atoms with Crippen molar-refractivity contribution in [3.05, 3.63) is 47.5 Å². The van der Waals surface area contributed by atoms with Crippen LogP contribution in [0.3, 0.4) is 0 Å². The van der Waals surface area contributed by atoms with Crippen molar-refractivity contribution in [1.29, 1.82) is 0 Å². The number of benzene rings is 2. The Morgan fingerprint density at radius 3 is 2.37 bits per heavy atom. The number of carbonyl (C=O) groups excluding carboxylic acids is 3.